The predicted octanol–water partition coefficient (Wildman–Crippen LogP) is 3.34. The zero-order valence-electron chi connectivity index (χ0n) is 7.59. The molecule has 0 fully saturated rings. The molecule has 0 radical (unpaired) electrons. The highest BCUT2D eigenvalue weighted by Gasteiger charge is 2.17. The predicted molar refractivity (Wildman–Crippen MR) is 43.8 cm³/mol. The molecule has 0 aliphatic heterocycles. The van der Waals surface area contributed by atoms with Crippen molar-refractivity contribution < 1.29 is 4.39 Å². The summed E-state index contributed by atoms with van der Waals surface area (Å²) in [6.07, 6.45) is 0. The van der Waals surface area contributed by atoms with Crippen LogP contribution >= 0.6 is 0 Å². The van der Waals surface area contributed by atoms with Crippen LogP contribution in [0, 0.1) is 5.41 Å². The summed E-state index contributed by atoms with van der Waals surface area (Å²) >= 11 is 0. The van der Waals surface area contributed by atoms with Crippen LogP contribution in [-0.4, -0.2) is 6.67 Å². The van der Waals surface area contributed by atoms with Crippen molar-refractivity contribution >= 4 is 0 Å². The van der Waals surface area contributed by atoms with Crippen LogP contribution in [0.3, 0.4) is 0 Å². The maximum absolute atomic E-state index is 12.3. The normalized spacial score (nSPS) is 11.4. The van der Waals surface area contributed by atoms with E-state index in [4.69, 9.17) is 0 Å². The Morgan fingerprint density at radius 3 is 1.60 bits per heavy atom. The lowest BCUT2D eigenvalue weighted by atomic mass is 9.85. The summed E-state index contributed by atoms with van der Waals surface area (Å²) in [5.41, 5.74) is 2.02. The highest BCUT2D eigenvalue weighted by Crippen LogP contribution is 2.27. The molecular weight excluding hydrogens is 127 g/mol. The fourth-order valence-electron chi connectivity index (χ4n) is 1.08. The molecular formula is C9H17F. The third-order valence-corrected chi connectivity index (χ3v) is 1.64. The Hall–Kier alpha value is -0.330. The highest BCUT2D eigenvalue weighted by molar-refractivity contribution is 5.16. The lowest BCUT2D eigenvalue weighted by molar-refractivity contribution is 0.419. The molecule has 0 spiro atoms. The van der Waals surface area contributed by atoms with Gasteiger partial charge in [-0.3, -0.25) is 0 Å². The van der Waals surface area contributed by atoms with E-state index >= 15 is 0 Å². The van der Waals surface area contributed by atoms with Gasteiger partial charge in [0.2, 0.25) is 0 Å². The van der Waals surface area contributed by atoms with Gasteiger partial charge in [-0.15, -0.1) is 0 Å². The number of halogens is 1. The first kappa shape index (κ1) is 9.67. The Labute approximate surface area is 63.1 Å². The maximum atomic E-state index is 12.3. The van der Waals surface area contributed by atoms with Gasteiger partial charge in [0, 0.05) is 0 Å². The molecule has 0 aliphatic carbocycles. The zero-order valence-corrected chi connectivity index (χ0v) is 7.59. The minimum Gasteiger partial charge on any atom is -0.246 e. The molecule has 0 heterocycles. The Morgan fingerprint density at radius 1 is 1.20 bits per heavy atom. The van der Waals surface area contributed by atoms with Crippen molar-refractivity contribution in [2.75, 3.05) is 6.67 Å². The van der Waals surface area contributed by atoms with Crippen molar-refractivity contribution in [3.8, 4) is 0 Å². The first-order valence-corrected chi connectivity index (χ1v) is 3.62. The van der Waals surface area contributed by atoms with Gasteiger partial charge in [-0.25, -0.2) is 4.39 Å². The second-order valence-electron chi connectivity index (χ2n) is 3.86. The Balaban J connectivity index is 4.55. The summed E-state index contributed by atoms with van der Waals surface area (Å²) < 4.78 is 12.3. The SMILES string of the molecule is CC(C)=C(CF)C(C)(C)C. The summed E-state index contributed by atoms with van der Waals surface area (Å²) in [6, 6.07) is 0. The molecule has 0 unspecified atom stereocenters. The van der Waals surface area contributed by atoms with Gasteiger partial charge < -0.3 is 0 Å². The molecule has 0 N–H and O–H groups in total. The summed E-state index contributed by atoms with van der Waals surface area (Å²) in [6.45, 7) is 9.71. The molecule has 1 heteroatoms. The number of alkyl halides is 1. The van der Waals surface area contributed by atoms with Gasteiger partial charge in [-0.05, 0) is 24.8 Å². The molecule has 0 nitrogen and oxygen atoms in total. The van der Waals surface area contributed by atoms with E-state index in [-0.39, 0.29) is 12.1 Å². The van der Waals surface area contributed by atoms with E-state index in [1.165, 1.54) is 0 Å². The van der Waals surface area contributed by atoms with Gasteiger partial charge >= 0.3 is 0 Å². The number of hydrogen-bond acceptors (Lipinski definition) is 0. The summed E-state index contributed by atoms with van der Waals surface area (Å²) in [5.74, 6) is 0. The number of hydrogen-bond donors (Lipinski definition) is 0. The Bertz CT molecular complexity index is 133. The van der Waals surface area contributed by atoms with Gasteiger partial charge in [-0.1, -0.05) is 26.3 Å². The molecule has 0 atom stereocenters. The monoisotopic (exact) mass is 144 g/mol. The highest BCUT2D eigenvalue weighted by atomic mass is 19.1. The first-order chi connectivity index (χ1) is 4.39. The fourth-order valence-corrected chi connectivity index (χ4v) is 1.08. The lowest BCUT2D eigenvalue weighted by Gasteiger charge is -2.22. The third-order valence-electron chi connectivity index (χ3n) is 1.64. The van der Waals surface area contributed by atoms with Crippen LogP contribution in [0.1, 0.15) is 34.6 Å². The zero-order chi connectivity index (χ0) is 8.36. The van der Waals surface area contributed by atoms with E-state index in [1.54, 1.807) is 0 Å². The smallest absolute Gasteiger partial charge is 0.111 e. The summed E-state index contributed by atoms with van der Waals surface area (Å²) in [4.78, 5) is 0. The molecule has 0 aromatic carbocycles. The van der Waals surface area contributed by atoms with Gasteiger partial charge in [0.15, 0.2) is 0 Å². The van der Waals surface area contributed by atoms with Gasteiger partial charge in [-0.2, -0.15) is 0 Å². The molecule has 10 heavy (non-hydrogen) atoms. The second-order valence-corrected chi connectivity index (χ2v) is 3.86. The van der Waals surface area contributed by atoms with Crippen LogP contribution in [0.4, 0.5) is 4.39 Å². The topological polar surface area (TPSA) is 0 Å². The van der Waals surface area contributed by atoms with Crippen molar-refractivity contribution in [2.24, 2.45) is 5.41 Å². The second kappa shape index (κ2) is 3.18. The number of rotatable bonds is 1. The lowest BCUT2D eigenvalue weighted by Crippen LogP contribution is -2.12. The average Bonchev–Trinajstić information content (AvgIpc) is 1.60. The standard InChI is InChI=1S/C9H17F/c1-7(2)8(6-10)9(3,4)5/h6H2,1-5H3. The maximum Gasteiger partial charge on any atom is 0.111 e. The van der Waals surface area contributed by atoms with Crippen molar-refractivity contribution in [1.29, 1.82) is 0 Å². The molecule has 0 saturated heterocycles. The van der Waals surface area contributed by atoms with Crippen LogP contribution in [-0.2, 0) is 0 Å². The van der Waals surface area contributed by atoms with Crippen LogP contribution < -0.4 is 0 Å². The molecule has 0 amide bonds. The molecule has 0 aliphatic rings. The summed E-state index contributed by atoms with van der Waals surface area (Å²) in [5, 5.41) is 0. The minimum absolute atomic E-state index is 0.00637. The van der Waals surface area contributed by atoms with Gasteiger partial charge in [0.1, 0.15) is 6.67 Å². The van der Waals surface area contributed by atoms with E-state index in [0.717, 1.165) is 11.1 Å². The van der Waals surface area contributed by atoms with Gasteiger partial charge in [0.25, 0.3) is 0 Å². The minimum atomic E-state index is -0.314. The van der Waals surface area contributed by atoms with E-state index < -0.39 is 0 Å². The molecule has 0 bridgehead atoms. The molecule has 0 aromatic heterocycles. The van der Waals surface area contributed by atoms with E-state index in [1.807, 2.05) is 34.6 Å². The largest absolute Gasteiger partial charge is 0.246 e. The third kappa shape index (κ3) is 2.51. The van der Waals surface area contributed by atoms with Crippen LogP contribution in [0.25, 0.3) is 0 Å². The van der Waals surface area contributed by atoms with Crippen LogP contribution in [0.5, 0.6) is 0 Å². The molecule has 0 aromatic rings. The summed E-state index contributed by atoms with van der Waals surface area (Å²) in [7, 11) is 0. The van der Waals surface area contributed by atoms with E-state index in [0.29, 0.717) is 0 Å². The van der Waals surface area contributed by atoms with Crippen molar-refractivity contribution in [2.45, 2.75) is 34.6 Å². The fraction of sp³-hybridized carbons (Fsp3) is 0.778. The van der Waals surface area contributed by atoms with E-state index in [9.17, 15) is 4.39 Å². The molecule has 60 valence electrons. The first-order valence-electron chi connectivity index (χ1n) is 3.62. The molecule has 0 rings (SSSR count). The Kier molecular flexibility index (Phi) is 3.07. The average molecular weight is 144 g/mol. The Morgan fingerprint density at radius 2 is 1.60 bits per heavy atom. The van der Waals surface area contributed by atoms with Crippen molar-refractivity contribution in [3.63, 3.8) is 0 Å². The van der Waals surface area contributed by atoms with Crippen molar-refractivity contribution in [3.05, 3.63) is 11.1 Å². The van der Waals surface area contributed by atoms with Crippen molar-refractivity contribution in [1.82, 2.24) is 0 Å². The van der Waals surface area contributed by atoms with Crippen LogP contribution in [0.2, 0.25) is 0 Å². The number of allylic oxidation sites excluding steroid dienone is 2. The quantitative estimate of drug-likeness (QED) is 0.495. The van der Waals surface area contributed by atoms with Crippen LogP contribution in [0.15, 0.2) is 11.1 Å². The molecule has 0 saturated carbocycles. The van der Waals surface area contributed by atoms with E-state index in [2.05, 4.69) is 0 Å². The van der Waals surface area contributed by atoms with Gasteiger partial charge in [0.05, 0.1) is 0 Å².